The van der Waals surface area contributed by atoms with Gasteiger partial charge in [-0.25, -0.2) is 4.39 Å². The molecule has 0 aromatic heterocycles. The van der Waals surface area contributed by atoms with Crippen molar-refractivity contribution in [3.63, 3.8) is 0 Å². The number of rotatable bonds is 11. The Bertz CT molecular complexity index is 2060. The quantitative estimate of drug-likeness (QED) is 0.148. The molecule has 0 aliphatic heterocycles. The van der Waals surface area contributed by atoms with E-state index in [1.54, 1.807) is 20.3 Å². The molecular formula is C50H63ClFNO6. The first-order chi connectivity index (χ1) is 28.1. The summed E-state index contributed by atoms with van der Waals surface area (Å²) in [6.07, 6.45) is 9.09. The molecule has 6 aliphatic carbocycles. The van der Waals surface area contributed by atoms with E-state index in [-0.39, 0.29) is 53.0 Å². The zero-order valence-corrected chi connectivity index (χ0v) is 36.5. The van der Waals surface area contributed by atoms with Gasteiger partial charge in [-0.3, -0.25) is 9.59 Å². The molecule has 4 fully saturated rings. The minimum Gasteiger partial charge on any atom is -0.493 e. The van der Waals surface area contributed by atoms with Gasteiger partial charge in [0.25, 0.3) is 0 Å². The molecule has 2 N–H and O–H groups in total. The number of amides is 1. The fourth-order valence-electron chi connectivity index (χ4n) is 11.5. The summed E-state index contributed by atoms with van der Waals surface area (Å²) in [6.45, 7) is 9.76. The summed E-state index contributed by atoms with van der Waals surface area (Å²) in [5.74, 6) is 1.70. The van der Waals surface area contributed by atoms with Crippen LogP contribution in [-0.4, -0.2) is 65.8 Å². The molecule has 0 spiro atoms. The van der Waals surface area contributed by atoms with Gasteiger partial charge < -0.3 is 24.6 Å². The molecule has 4 bridgehead atoms. The summed E-state index contributed by atoms with van der Waals surface area (Å²) in [5, 5.41) is 24.6. The van der Waals surface area contributed by atoms with Crippen LogP contribution in [0.25, 0.3) is 0 Å². The molecular weight excluding hydrogens is 765 g/mol. The number of ether oxygens (including phenoxy) is 2. The van der Waals surface area contributed by atoms with Crippen molar-refractivity contribution in [1.29, 1.82) is 0 Å². The van der Waals surface area contributed by atoms with Crippen LogP contribution in [0.1, 0.15) is 124 Å². The topological polar surface area (TPSA) is 96.3 Å². The second-order valence-corrected chi connectivity index (χ2v) is 19.5. The number of carbonyl (C=O) groups is 2. The van der Waals surface area contributed by atoms with Gasteiger partial charge in [-0.1, -0.05) is 68.3 Å². The van der Waals surface area contributed by atoms with Gasteiger partial charge in [-0.2, -0.15) is 0 Å². The smallest absolute Gasteiger partial charge is 0.227 e. The molecule has 59 heavy (non-hydrogen) atoms. The summed E-state index contributed by atoms with van der Waals surface area (Å²) < 4.78 is 26.2. The highest BCUT2D eigenvalue weighted by Crippen LogP contribution is 2.62. The number of Topliss-reactive ketones (excluding diaryl/α,β-unsaturated/α-hetero) is 1. The van der Waals surface area contributed by atoms with Crippen molar-refractivity contribution in [1.82, 2.24) is 4.90 Å². The zero-order valence-electron chi connectivity index (χ0n) is 35.8. The Morgan fingerprint density at radius 1 is 0.949 bits per heavy atom. The Kier molecular flexibility index (Phi) is 12.7. The van der Waals surface area contributed by atoms with Crippen molar-refractivity contribution in [2.24, 2.45) is 28.6 Å². The number of aliphatic hydroxyl groups excluding tert-OH is 1. The molecule has 9 heteroatoms. The van der Waals surface area contributed by atoms with E-state index in [9.17, 15) is 19.8 Å². The van der Waals surface area contributed by atoms with E-state index in [0.29, 0.717) is 74.0 Å². The van der Waals surface area contributed by atoms with Gasteiger partial charge in [0.1, 0.15) is 5.82 Å². The van der Waals surface area contributed by atoms with Crippen molar-refractivity contribution in [3.05, 3.63) is 105 Å². The first-order valence-electron chi connectivity index (χ1n) is 21.7. The molecule has 4 saturated carbocycles. The summed E-state index contributed by atoms with van der Waals surface area (Å²) in [6, 6.07) is 15.9. The average molecular weight is 829 g/mol. The molecule has 0 radical (unpaired) electrons. The Balaban J connectivity index is 1.27. The van der Waals surface area contributed by atoms with Crippen LogP contribution in [0.15, 0.2) is 66.2 Å². The number of aliphatic hydroxyl groups is 2. The number of benzene rings is 3. The lowest BCUT2D eigenvalue weighted by Crippen LogP contribution is -2.58. The maximum atomic E-state index is 15.1. The van der Waals surface area contributed by atoms with E-state index in [1.807, 2.05) is 41.3 Å². The van der Waals surface area contributed by atoms with E-state index in [4.69, 9.17) is 21.1 Å². The lowest BCUT2D eigenvalue weighted by atomic mass is 9.45. The number of methoxy groups -OCH3 is 2. The van der Waals surface area contributed by atoms with E-state index in [1.165, 1.54) is 24.1 Å². The highest BCUT2D eigenvalue weighted by atomic mass is 35.5. The first-order valence-corrected chi connectivity index (χ1v) is 22.1. The number of fused-ring (bicyclic) bond motifs is 10. The second kappa shape index (κ2) is 17.3. The third kappa shape index (κ3) is 8.61. The molecule has 0 unspecified atom stereocenters. The van der Waals surface area contributed by atoms with Gasteiger partial charge in [0, 0.05) is 41.1 Å². The number of allylic oxidation sites excluding steroid dienone is 2. The number of nitrogens with zero attached hydrogens (tertiary/aromatic N) is 1. The fraction of sp³-hybridized carbons (Fsp3) is 0.560. The van der Waals surface area contributed by atoms with Crippen LogP contribution >= 0.6 is 11.6 Å². The van der Waals surface area contributed by atoms with Crippen molar-refractivity contribution in [3.8, 4) is 11.5 Å². The van der Waals surface area contributed by atoms with Crippen LogP contribution in [0.2, 0.25) is 5.02 Å². The molecule has 3 aromatic rings. The molecule has 3 aromatic carbocycles. The maximum Gasteiger partial charge on any atom is 0.227 e. The standard InChI is InChI=1S/C50H63ClFNO6/c1-31-9-8-21-49(4)40(37-18-13-32(23-36(54)17-12-31)24-38(37)44(55)28-39-42(51)10-7-11-43(39)52)20-22-50(49,57)30-53(29-34-15-16-35-27-41(34)48(35,2)3)47(56)26-33-14-19-45(58-5)46(25-33)59-6/h7,9-11,13-14,18-19,24-25,34-36,40-41,54,57H,8,12,15-17,20-23,26-30H2,1-6H3/t34-,35-,36-,40-,41-,49-,50+/m0/s1. The highest BCUT2D eigenvalue weighted by molar-refractivity contribution is 6.31. The Morgan fingerprint density at radius 3 is 2.44 bits per heavy atom. The molecule has 1 amide bonds. The third-order valence-corrected chi connectivity index (χ3v) is 15.8. The predicted octanol–water partition coefficient (Wildman–Crippen LogP) is 10.1. The lowest BCUT2D eigenvalue weighted by Gasteiger charge is -2.61. The summed E-state index contributed by atoms with van der Waals surface area (Å²) >= 11 is 6.45. The number of hydrogen-bond donors (Lipinski definition) is 2. The minimum absolute atomic E-state index is 0.0332. The van der Waals surface area contributed by atoms with E-state index in [2.05, 4.69) is 33.8 Å². The molecule has 7 atom stereocenters. The van der Waals surface area contributed by atoms with Crippen molar-refractivity contribution >= 4 is 23.3 Å². The number of hydrogen-bond acceptors (Lipinski definition) is 6. The fourth-order valence-corrected chi connectivity index (χ4v) is 11.7. The second-order valence-electron chi connectivity index (χ2n) is 19.1. The highest BCUT2D eigenvalue weighted by Gasteiger charge is 2.59. The SMILES string of the molecule is COc1ccc(CC(=O)N(C[C@@H]2CC[C@H]3C[C@@H]2C3(C)C)C[C@]2(O)CC[C@H]3c4ccc(cc4C(=O)Cc4c(F)cccc4Cl)C[C@@H](O)CCC(C)=CCC[C@@]32C)cc1OC. The Morgan fingerprint density at radius 2 is 1.73 bits per heavy atom. The van der Waals surface area contributed by atoms with Crippen LogP contribution in [0.3, 0.4) is 0 Å². The van der Waals surface area contributed by atoms with Gasteiger partial charge in [0.05, 0.1) is 32.3 Å². The van der Waals surface area contributed by atoms with Crippen molar-refractivity contribution in [2.45, 2.75) is 122 Å². The predicted molar refractivity (Wildman–Crippen MR) is 231 cm³/mol. The normalized spacial score (nSPS) is 28.8. The van der Waals surface area contributed by atoms with Crippen LogP contribution < -0.4 is 9.47 Å². The Labute approximate surface area is 355 Å². The van der Waals surface area contributed by atoms with E-state index < -0.39 is 22.9 Å². The lowest BCUT2D eigenvalue weighted by molar-refractivity contribution is -0.149. The summed E-state index contributed by atoms with van der Waals surface area (Å²) in [7, 11) is 3.18. The van der Waals surface area contributed by atoms with Crippen LogP contribution in [-0.2, 0) is 24.1 Å². The van der Waals surface area contributed by atoms with E-state index in [0.717, 1.165) is 41.9 Å². The molecule has 0 saturated heterocycles. The molecule has 0 heterocycles. The van der Waals surface area contributed by atoms with Gasteiger partial charge >= 0.3 is 0 Å². The van der Waals surface area contributed by atoms with Crippen molar-refractivity contribution in [2.75, 3.05) is 27.3 Å². The summed E-state index contributed by atoms with van der Waals surface area (Å²) in [4.78, 5) is 31.2. The largest absolute Gasteiger partial charge is 0.493 e. The van der Waals surface area contributed by atoms with Crippen molar-refractivity contribution < 1.29 is 33.7 Å². The Hall–Kier alpha value is -3.72. The molecule has 7 nitrogen and oxygen atoms in total. The van der Waals surface area contributed by atoms with Gasteiger partial charge in [-0.15, -0.1) is 0 Å². The van der Waals surface area contributed by atoms with Gasteiger partial charge in [0.15, 0.2) is 17.3 Å². The van der Waals surface area contributed by atoms with Crippen LogP contribution in [0.5, 0.6) is 11.5 Å². The molecule has 318 valence electrons. The monoisotopic (exact) mass is 827 g/mol. The number of halogens is 2. The maximum absolute atomic E-state index is 15.1. The molecule has 9 rings (SSSR count). The van der Waals surface area contributed by atoms with E-state index >= 15 is 4.39 Å². The number of ketones is 1. The van der Waals surface area contributed by atoms with Gasteiger partial charge in [-0.05, 0) is 147 Å². The number of carbonyl (C=O) groups excluding carboxylic acids is 2. The average Bonchev–Trinajstić information content (AvgIpc) is 3.46. The van der Waals surface area contributed by atoms with Crippen LogP contribution in [0, 0.1) is 34.4 Å². The molecule has 6 aliphatic rings. The first kappa shape index (κ1) is 43.4. The minimum atomic E-state index is -1.28. The zero-order chi connectivity index (χ0) is 42.3. The van der Waals surface area contributed by atoms with Crippen LogP contribution in [0.4, 0.5) is 4.39 Å². The summed E-state index contributed by atoms with van der Waals surface area (Å²) in [5.41, 5.74) is 2.50. The third-order valence-electron chi connectivity index (χ3n) is 15.4. The van der Waals surface area contributed by atoms with Gasteiger partial charge in [0.2, 0.25) is 5.91 Å².